The molecule has 0 radical (unpaired) electrons. The van der Waals surface area contributed by atoms with E-state index >= 15 is 0 Å². The van der Waals surface area contributed by atoms with Crippen LogP contribution in [0.1, 0.15) is 43.3 Å². The van der Waals surface area contributed by atoms with Gasteiger partial charge >= 0.3 is 12.3 Å². The number of halogens is 4. The van der Waals surface area contributed by atoms with Crippen molar-refractivity contribution in [3.8, 4) is 17.3 Å². The number of hydrogen-bond donors (Lipinski definition) is 0. The molecule has 1 amide bonds. The number of amides is 1. The van der Waals surface area contributed by atoms with Gasteiger partial charge in [-0.3, -0.25) is 4.90 Å². The number of carbonyl (C=O) groups is 1. The summed E-state index contributed by atoms with van der Waals surface area (Å²) in [5.41, 5.74) is 0.928. The Labute approximate surface area is 204 Å². The van der Waals surface area contributed by atoms with Gasteiger partial charge in [-0.05, 0) is 37.9 Å². The summed E-state index contributed by atoms with van der Waals surface area (Å²) in [5.74, 6) is 0.460. The molecular weight excluding hydrogens is 487 g/mol. The van der Waals surface area contributed by atoms with Gasteiger partial charge in [0.15, 0.2) is 5.69 Å². The summed E-state index contributed by atoms with van der Waals surface area (Å²) < 4.78 is 51.5. The number of aryl methyl sites for hydroxylation is 1. The minimum absolute atomic E-state index is 0.00427. The van der Waals surface area contributed by atoms with E-state index in [0.29, 0.717) is 16.8 Å². The molecule has 3 aromatic rings. The highest BCUT2D eigenvalue weighted by Crippen LogP contribution is 2.32. The Bertz CT molecular complexity index is 1250. The minimum Gasteiger partial charge on any atom is -0.472 e. The van der Waals surface area contributed by atoms with Crippen molar-refractivity contribution in [2.45, 2.75) is 52.2 Å². The Balaban J connectivity index is 1.46. The van der Waals surface area contributed by atoms with Crippen LogP contribution in [0.2, 0.25) is 5.28 Å². The summed E-state index contributed by atoms with van der Waals surface area (Å²) in [4.78, 5) is 26.0. The smallest absolute Gasteiger partial charge is 0.434 e. The Kier molecular flexibility index (Phi) is 6.39. The van der Waals surface area contributed by atoms with Crippen LogP contribution >= 0.6 is 11.6 Å². The predicted octanol–water partition coefficient (Wildman–Crippen LogP) is 5.38. The van der Waals surface area contributed by atoms with Gasteiger partial charge in [-0.1, -0.05) is 24.3 Å². The van der Waals surface area contributed by atoms with E-state index in [4.69, 9.17) is 21.1 Å². The molecule has 12 heteroatoms. The van der Waals surface area contributed by atoms with Crippen molar-refractivity contribution in [1.29, 1.82) is 0 Å². The first kappa shape index (κ1) is 24.8. The van der Waals surface area contributed by atoms with Gasteiger partial charge in [-0.2, -0.15) is 18.2 Å². The lowest BCUT2D eigenvalue weighted by Crippen LogP contribution is -2.33. The maximum atomic E-state index is 12.9. The van der Waals surface area contributed by atoms with Crippen LogP contribution in [0.5, 0.6) is 5.88 Å². The lowest BCUT2D eigenvalue weighted by molar-refractivity contribution is -0.140. The summed E-state index contributed by atoms with van der Waals surface area (Å²) in [6, 6.07) is 6.80. The zero-order chi connectivity index (χ0) is 25.5. The number of carbonyl (C=O) groups excluding carboxylic acids is 1. The first-order chi connectivity index (χ1) is 16.3. The van der Waals surface area contributed by atoms with Crippen LogP contribution in [-0.2, 0) is 37.7 Å². The van der Waals surface area contributed by atoms with Crippen LogP contribution in [0.4, 0.5) is 18.0 Å². The van der Waals surface area contributed by atoms with E-state index in [0.717, 1.165) is 11.8 Å². The molecule has 0 saturated carbocycles. The van der Waals surface area contributed by atoms with Crippen molar-refractivity contribution in [1.82, 2.24) is 24.4 Å². The zero-order valence-corrected chi connectivity index (χ0v) is 20.2. The number of nitrogens with zero attached hydrogens (tertiary/aromatic N) is 5. The highest BCUT2D eigenvalue weighted by molar-refractivity contribution is 6.28. The highest BCUT2D eigenvalue weighted by atomic mass is 35.5. The van der Waals surface area contributed by atoms with Crippen molar-refractivity contribution >= 4 is 17.7 Å². The van der Waals surface area contributed by atoms with Gasteiger partial charge in [0.1, 0.15) is 18.0 Å². The van der Waals surface area contributed by atoms with Gasteiger partial charge in [-0.15, -0.1) is 0 Å². The van der Waals surface area contributed by atoms with E-state index in [1.807, 2.05) is 0 Å². The van der Waals surface area contributed by atoms with Crippen LogP contribution in [0.3, 0.4) is 0 Å². The van der Waals surface area contributed by atoms with E-state index in [9.17, 15) is 18.0 Å². The summed E-state index contributed by atoms with van der Waals surface area (Å²) in [5, 5.41) is -0.00427. The van der Waals surface area contributed by atoms with E-state index in [2.05, 4.69) is 15.0 Å². The average molecular weight is 510 g/mol. The second kappa shape index (κ2) is 9.03. The predicted molar refractivity (Wildman–Crippen MR) is 121 cm³/mol. The molecule has 1 aromatic carbocycles. The van der Waals surface area contributed by atoms with Crippen LogP contribution in [0.25, 0.3) is 11.4 Å². The molecule has 0 fully saturated rings. The first-order valence-corrected chi connectivity index (χ1v) is 11.0. The molecule has 1 aliphatic rings. The normalized spacial score (nSPS) is 13.7. The number of hydrogen-bond acceptors (Lipinski definition) is 6. The molecule has 0 spiro atoms. The third-order valence-corrected chi connectivity index (χ3v) is 5.29. The van der Waals surface area contributed by atoms with Gasteiger partial charge < -0.3 is 14.0 Å². The molecule has 0 atom stereocenters. The van der Waals surface area contributed by atoms with Crippen LogP contribution < -0.4 is 4.74 Å². The largest absolute Gasteiger partial charge is 0.472 e. The van der Waals surface area contributed by atoms with E-state index in [1.54, 1.807) is 45.0 Å². The second-order valence-electron chi connectivity index (χ2n) is 9.10. The lowest BCUT2D eigenvalue weighted by Gasteiger charge is -2.23. The molecule has 1 aliphatic heterocycles. The quantitative estimate of drug-likeness (QED) is 0.439. The number of aromatic nitrogens is 4. The molecule has 0 unspecified atom stereocenters. The van der Waals surface area contributed by atoms with Crippen molar-refractivity contribution in [2.75, 3.05) is 0 Å². The summed E-state index contributed by atoms with van der Waals surface area (Å²) >= 11 is 6.06. The Hall–Kier alpha value is -3.34. The van der Waals surface area contributed by atoms with Crippen molar-refractivity contribution in [2.24, 2.45) is 7.05 Å². The number of fused-ring (bicyclic) bond motifs is 1. The van der Waals surface area contributed by atoms with Gasteiger partial charge in [0.25, 0.3) is 0 Å². The van der Waals surface area contributed by atoms with Crippen LogP contribution in [0.15, 0.2) is 30.5 Å². The molecule has 3 heterocycles. The fourth-order valence-electron chi connectivity index (χ4n) is 3.54. The number of rotatable bonds is 4. The van der Waals surface area contributed by atoms with E-state index < -0.39 is 23.6 Å². The molecule has 2 aromatic heterocycles. The Morgan fingerprint density at radius 2 is 1.77 bits per heavy atom. The number of benzene rings is 1. The van der Waals surface area contributed by atoms with E-state index in [1.165, 1.54) is 16.5 Å². The third-order valence-electron chi connectivity index (χ3n) is 5.12. The van der Waals surface area contributed by atoms with Crippen LogP contribution in [0, 0.1) is 0 Å². The van der Waals surface area contributed by atoms with Gasteiger partial charge in [0, 0.05) is 18.8 Å². The maximum absolute atomic E-state index is 12.9. The fourth-order valence-corrected chi connectivity index (χ4v) is 3.72. The lowest BCUT2D eigenvalue weighted by atomic mass is 10.1. The summed E-state index contributed by atoms with van der Waals surface area (Å²) in [6.07, 6.45) is -4.04. The van der Waals surface area contributed by atoms with Crippen molar-refractivity contribution in [3.05, 3.63) is 58.3 Å². The topological polar surface area (TPSA) is 82.4 Å². The molecule has 35 heavy (non-hydrogen) atoms. The van der Waals surface area contributed by atoms with Gasteiger partial charge in [0.2, 0.25) is 11.2 Å². The second-order valence-corrected chi connectivity index (χ2v) is 9.44. The molecule has 0 N–H and O–H groups in total. The minimum atomic E-state index is -4.51. The molecule has 0 bridgehead atoms. The van der Waals surface area contributed by atoms with Gasteiger partial charge in [0.05, 0.1) is 24.3 Å². The zero-order valence-electron chi connectivity index (χ0n) is 19.5. The summed E-state index contributed by atoms with van der Waals surface area (Å²) in [7, 11) is 1.51. The fraction of sp³-hybridized carbons (Fsp3) is 0.391. The van der Waals surface area contributed by atoms with Crippen molar-refractivity contribution < 1.29 is 27.4 Å². The Morgan fingerprint density at radius 1 is 1.09 bits per heavy atom. The average Bonchev–Trinajstić information content (AvgIpc) is 3.35. The standard InChI is InChI=1S/C23H23ClF3N5O3/c1-22(2,3)35-21(33)32-9-15-16(10-32)28-20(24)30-19(15)34-12-13-5-7-14(8-6-13)18-29-17(11-31(18)4)23(25,26)27/h5-8,11H,9-10,12H2,1-4H3. The maximum Gasteiger partial charge on any atom is 0.434 e. The molecule has 0 aliphatic carbocycles. The molecule has 4 rings (SSSR count). The number of imidazole rings is 1. The summed E-state index contributed by atoms with van der Waals surface area (Å²) in [6.45, 7) is 5.92. The van der Waals surface area contributed by atoms with E-state index in [-0.39, 0.29) is 36.7 Å². The monoisotopic (exact) mass is 509 g/mol. The Morgan fingerprint density at radius 3 is 2.37 bits per heavy atom. The highest BCUT2D eigenvalue weighted by Gasteiger charge is 2.35. The van der Waals surface area contributed by atoms with Crippen LogP contribution in [-0.4, -0.2) is 36.1 Å². The first-order valence-electron chi connectivity index (χ1n) is 10.7. The SMILES string of the molecule is Cn1cc(C(F)(F)F)nc1-c1ccc(COc2nc(Cl)nc3c2CN(C(=O)OC(C)(C)C)C3)cc1. The third kappa shape index (κ3) is 5.67. The molecule has 8 nitrogen and oxygen atoms in total. The van der Waals surface area contributed by atoms with Gasteiger partial charge in [-0.25, -0.2) is 14.8 Å². The van der Waals surface area contributed by atoms with Crippen molar-refractivity contribution in [3.63, 3.8) is 0 Å². The molecular formula is C23H23ClF3N5O3. The molecule has 0 saturated heterocycles. The number of ether oxygens (including phenoxy) is 2. The molecule has 186 valence electrons. The number of alkyl halides is 3.